The molecular formula is C16H20N2OS. The average molecular weight is 288 g/mol. The minimum Gasteiger partial charge on any atom is -0.267 e. The maximum absolute atomic E-state index is 12.6. The van der Waals surface area contributed by atoms with Crippen LogP contribution >= 0.6 is 11.3 Å². The van der Waals surface area contributed by atoms with E-state index in [4.69, 9.17) is 0 Å². The van der Waals surface area contributed by atoms with Crippen LogP contribution in [-0.4, -0.2) is 16.5 Å². The Bertz CT molecular complexity index is 680. The molecule has 0 unspecified atom stereocenters. The Hall–Kier alpha value is -1.68. The van der Waals surface area contributed by atoms with Gasteiger partial charge in [-0.1, -0.05) is 13.0 Å². The van der Waals surface area contributed by atoms with E-state index in [0.29, 0.717) is 5.49 Å². The molecule has 0 spiro atoms. The second-order valence-corrected chi connectivity index (χ2v) is 6.16. The Balaban J connectivity index is 2.48. The number of hydrogen-bond donors (Lipinski definition) is 0. The SMILES string of the molecule is CCc1sc(C(=O)n2ccccc2=NC(C)C)cc1C. The second kappa shape index (κ2) is 6.18. The van der Waals surface area contributed by atoms with Gasteiger partial charge in [-0.05, 0) is 51.0 Å². The minimum absolute atomic E-state index is 0.00204. The van der Waals surface area contributed by atoms with Crippen molar-refractivity contribution in [2.45, 2.75) is 40.2 Å². The lowest BCUT2D eigenvalue weighted by molar-refractivity contribution is 0.0958. The molecule has 4 heteroatoms. The minimum atomic E-state index is -0.00204. The van der Waals surface area contributed by atoms with Gasteiger partial charge in [0, 0.05) is 17.1 Å². The molecular weight excluding hydrogens is 268 g/mol. The fraction of sp³-hybridized carbons (Fsp3) is 0.375. The van der Waals surface area contributed by atoms with Crippen LogP contribution < -0.4 is 5.49 Å². The first-order valence-corrected chi connectivity index (χ1v) is 7.70. The molecule has 0 bridgehead atoms. The van der Waals surface area contributed by atoms with Gasteiger partial charge < -0.3 is 0 Å². The van der Waals surface area contributed by atoms with Crippen LogP contribution in [-0.2, 0) is 6.42 Å². The molecule has 0 amide bonds. The fourth-order valence-electron chi connectivity index (χ4n) is 2.07. The Morgan fingerprint density at radius 3 is 2.75 bits per heavy atom. The molecule has 2 heterocycles. The number of hydrogen-bond acceptors (Lipinski definition) is 3. The smallest absolute Gasteiger partial charge is 0.267 e. The molecule has 0 atom stereocenters. The van der Waals surface area contributed by atoms with Crippen molar-refractivity contribution in [2.75, 3.05) is 0 Å². The van der Waals surface area contributed by atoms with Gasteiger partial charge in [-0.2, -0.15) is 0 Å². The zero-order valence-electron chi connectivity index (χ0n) is 12.4. The Kier molecular flexibility index (Phi) is 4.55. The quantitative estimate of drug-likeness (QED) is 0.852. The summed E-state index contributed by atoms with van der Waals surface area (Å²) in [7, 11) is 0. The third-order valence-corrected chi connectivity index (χ3v) is 4.37. The molecule has 20 heavy (non-hydrogen) atoms. The summed E-state index contributed by atoms with van der Waals surface area (Å²) in [6, 6.07) is 7.78. The van der Waals surface area contributed by atoms with Crippen LogP contribution in [0.5, 0.6) is 0 Å². The Labute approximate surface area is 123 Å². The first-order chi connectivity index (χ1) is 9.52. The Morgan fingerprint density at radius 1 is 1.40 bits per heavy atom. The van der Waals surface area contributed by atoms with E-state index in [-0.39, 0.29) is 11.9 Å². The van der Waals surface area contributed by atoms with Gasteiger partial charge in [0.1, 0.15) is 5.49 Å². The van der Waals surface area contributed by atoms with E-state index in [1.165, 1.54) is 10.4 Å². The van der Waals surface area contributed by atoms with Crippen molar-refractivity contribution in [1.29, 1.82) is 0 Å². The van der Waals surface area contributed by atoms with Crippen molar-refractivity contribution >= 4 is 17.2 Å². The monoisotopic (exact) mass is 288 g/mol. The number of nitrogens with zero attached hydrogens (tertiary/aromatic N) is 2. The number of aromatic nitrogens is 1. The van der Waals surface area contributed by atoms with Crippen LogP contribution in [0.15, 0.2) is 35.5 Å². The van der Waals surface area contributed by atoms with Gasteiger partial charge in [0.25, 0.3) is 5.91 Å². The summed E-state index contributed by atoms with van der Waals surface area (Å²) in [5.74, 6) is -0.00204. The number of rotatable bonds is 3. The number of carbonyl (C=O) groups is 1. The molecule has 0 aliphatic rings. The highest BCUT2D eigenvalue weighted by Gasteiger charge is 2.13. The molecule has 106 valence electrons. The van der Waals surface area contributed by atoms with E-state index in [9.17, 15) is 4.79 Å². The Morgan fingerprint density at radius 2 is 2.15 bits per heavy atom. The van der Waals surface area contributed by atoms with Crippen molar-refractivity contribution in [3.63, 3.8) is 0 Å². The van der Waals surface area contributed by atoms with Crippen LogP contribution in [0.1, 0.15) is 40.9 Å². The highest BCUT2D eigenvalue weighted by atomic mass is 32.1. The molecule has 2 aromatic heterocycles. The van der Waals surface area contributed by atoms with Crippen LogP contribution in [0.3, 0.4) is 0 Å². The number of thiophene rings is 1. The van der Waals surface area contributed by atoms with Gasteiger partial charge in [-0.3, -0.25) is 14.4 Å². The highest BCUT2D eigenvalue weighted by Crippen LogP contribution is 2.22. The average Bonchev–Trinajstić information content (AvgIpc) is 2.79. The summed E-state index contributed by atoms with van der Waals surface area (Å²) in [5.41, 5.74) is 1.90. The van der Waals surface area contributed by atoms with E-state index >= 15 is 0 Å². The predicted octanol–water partition coefficient (Wildman–Crippen LogP) is 3.42. The van der Waals surface area contributed by atoms with Gasteiger partial charge in [0.2, 0.25) is 0 Å². The van der Waals surface area contributed by atoms with E-state index in [1.54, 1.807) is 22.1 Å². The third kappa shape index (κ3) is 3.07. The lowest BCUT2D eigenvalue weighted by Crippen LogP contribution is -2.27. The van der Waals surface area contributed by atoms with Gasteiger partial charge in [0.15, 0.2) is 0 Å². The van der Waals surface area contributed by atoms with Gasteiger partial charge >= 0.3 is 0 Å². The maximum atomic E-state index is 12.6. The van der Waals surface area contributed by atoms with Crippen LogP contribution in [0.4, 0.5) is 0 Å². The van der Waals surface area contributed by atoms with Crippen molar-refractivity contribution in [3.8, 4) is 0 Å². The van der Waals surface area contributed by atoms with Crippen molar-refractivity contribution in [3.05, 3.63) is 51.3 Å². The topological polar surface area (TPSA) is 34.4 Å². The van der Waals surface area contributed by atoms with Crippen molar-refractivity contribution < 1.29 is 4.79 Å². The number of pyridine rings is 1. The van der Waals surface area contributed by atoms with Crippen molar-refractivity contribution in [2.24, 2.45) is 4.99 Å². The fourth-order valence-corrected chi connectivity index (χ4v) is 3.12. The normalized spacial score (nSPS) is 12.2. The van der Waals surface area contributed by atoms with Gasteiger partial charge in [0.05, 0.1) is 4.88 Å². The molecule has 3 nitrogen and oxygen atoms in total. The highest BCUT2D eigenvalue weighted by molar-refractivity contribution is 7.14. The molecule has 2 rings (SSSR count). The largest absolute Gasteiger partial charge is 0.273 e. The predicted molar refractivity (Wildman–Crippen MR) is 83.3 cm³/mol. The molecule has 2 aromatic rings. The molecule has 0 aliphatic heterocycles. The van der Waals surface area contributed by atoms with E-state index in [2.05, 4.69) is 18.8 Å². The standard InChI is InChI=1S/C16H20N2OS/c1-5-13-12(4)10-14(20-13)16(19)18-9-7-6-8-15(18)17-11(2)3/h6-11H,5H2,1-4H3. The van der Waals surface area contributed by atoms with Crippen LogP contribution in [0.2, 0.25) is 0 Å². The molecule has 0 saturated heterocycles. The second-order valence-electron chi connectivity index (χ2n) is 5.03. The summed E-state index contributed by atoms with van der Waals surface area (Å²) in [5, 5.41) is 0. The molecule has 0 aliphatic carbocycles. The lowest BCUT2D eigenvalue weighted by atomic mass is 10.2. The van der Waals surface area contributed by atoms with Crippen molar-refractivity contribution in [1.82, 2.24) is 4.57 Å². The third-order valence-electron chi connectivity index (χ3n) is 3.00. The molecule has 0 N–H and O–H groups in total. The number of carbonyl (C=O) groups excluding carboxylic acids is 1. The lowest BCUT2D eigenvalue weighted by Gasteiger charge is -2.05. The summed E-state index contributed by atoms with van der Waals surface area (Å²) in [6.45, 7) is 8.18. The summed E-state index contributed by atoms with van der Waals surface area (Å²) >= 11 is 1.58. The maximum Gasteiger partial charge on any atom is 0.273 e. The molecule has 0 aromatic carbocycles. The van der Waals surface area contributed by atoms with E-state index in [1.807, 2.05) is 38.1 Å². The number of aryl methyl sites for hydroxylation is 2. The van der Waals surface area contributed by atoms with Gasteiger partial charge in [-0.25, -0.2) is 0 Å². The molecule has 0 saturated carbocycles. The molecule has 0 fully saturated rings. The van der Waals surface area contributed by atoms with Crippen LogP contribution in [0, 0.1) is 6.92 Å². The summed E-state index contributed by atoms with van der Waals surface area (Å²) < 4.78 is 1.63. The van der Waals surface area contributed by atoms with Gasteiger partial charge in [-0.15, -0.1) is 11.3 Å². The van der Waals surface area contributed by atoms with E-state index in [0.717, 1.165) is 11.3 Å². The summed E-state index contributed by atoms with van der Waals surface area (Å²) in [6.07, 6.45) is 2.75. The first kappa shape index (κ1) is 14.7. The zero-order valence-corrected chi connectivity index (χ0v) is 13.2. The molecule has 0 radical (unpaired) electrons. The zero-order chi connectivity index (χ0) is 14.7. The van der Waals surface area contributed by atoms with E-state index < -0.39 is 0 Å². The first-order valence-electron chi connectivity index (χ1n) is 6.88. The summed E-state index contributed by atoms with van der Waals surface area (Å²) in [4.78, 5) is 19.2. The van der Waals surface area contributed by atoms with Crippen LogP contribution in [0.25, 0.3) is 0 Å².